The van der Waals surface area contributed by atoms with Crippen molar-refractivity contribution in [3.05, 3.63) is 27.4 Å². The lowest BCUT2D eigenvalue weighted by atomic mass is 9.99. The summed E-state index contributed by atoms with van der Waals surface area (Å²) >= 11 is 7.19. The highest BCUT2D eigenvalue weighted by atomic mass is 35.5. The van der Waals surface area contributed by atoms with Gasteiger partial charge in [0.15, 0.2) is 0 Å². The Balaban J connectivity index is 1.98. The van der Waals surface area contributed by atoms with Gasteiger partial charge < -0.3 is 10.0 Å². The van der Waals surface area contributed by atoms with Crippen molar-refractivity contribution in [2.45, 2.75) is 6.92 Å². The minimum atomic E-state index is -0.836. The Labute approximate surface area is 120 Å². The Morgan fingerprint density at radius 3 is 2.74 bits per heavy atom. The van der Waals surface area contributed by atoms with Gasteiger partial charge in [0.1, 0.15) is 0 Å². The number of rotatable bonds is 3. The second-order valence-electron chi connectivity index (χ2n) is 4.64. The second-order valence-corrected chi connectivity index (χ2v) is 6.39. The van der Waals surface area contributed by atoms with Crippen LogP contribution in [0.4, 0.5) is 0 Å². The van der Waals surface area contributed by atoms with Gasteiger partial charge in [0, 0.05) is 24.0 Å². The van der Waals surface area contributed by atoms with E-state index in [1.54, 1.807) is 17.0 Å². The van der Waals surface area contributed by atoms with Crippen molar-refractivity contribution in [1.82, 2.24) is 4.90 Å². The van der Waals surface area contributed by atoms with Crippen molar-refractivity contribution in [3.63, 3.8) is 0 Å². The minimum absolute atomic E-state index is 0.00830. The van der Waals surface area contributed by atoms with Crippen LogP contribution in [0.3, 0.4) is 0 Å². The second kappa shape index (κ2) is 5.75. The molecule has 1 saturated heterocycles. The van der Waals surface area contributed by atoms with Crippen molar-refractivity contribution in [2.24, 2.45) is 11.8 Å². The molecule has 2 rings (SSSR count). The maximum atomic E-state index is 12.0. The fourth-order valence-corrected chi connectivity index (χ4v) is 3.11. The quantitative estimate of drug-likeness (QED) is 0.873. The zero-order valence-corrected chi connectivity index (χ0v) is 11.9. The van der Waals surface area contributed by atoms with Crippen molar-refractivity contribution >= 4 is 40.9 Å². The summed E-state index contributed by atoms with van der Waals surface area (Å²) in [6.07, 6.45) is 3.18. The van der Waals surface area contributed by atoms with Gasteiger partial charge in [-0.15, -0.1) is 11.3 Å². The zero-order chi connectivity index (χ0) is 14.0. The third-order valence-electron chi connectivity index (χ3n) is 3.23. The predicted molar refractivity (Wildman–Crippen MR) is 75.2 cm³/mol. The molecule has 0 spiro atoms. The average molecular weight is 300 g/mol. The summed E-state index contributed by atoms with van der Waals surface area (Å²) in [5.74, 6) is -1.46. The first-order valence-electron chi connectivity index (χ1n) is 5.92. The van der Waals surface area contributed by atoms with Crippen LogP contribution in [-0.2, 0) is 9.59 Å². The molecule has 1 amide bonds. The largest absolute Gasteiger partial charge is 0.481 e. The van der Waals surface area contributed by atoms with E-state index in [1.165, 1.54) is 17.4 Å². The number of carboxylic acid groups (broad SMARTS) is 1. The molecule has 0 saturated carbocycles. The fourth-order valence-electron chi connectivity index (χ4n) is 2.14. The van der Waals surface area contributed by atoms with Crippen LogP contribution in [0.5, 0.6) is 0 Å². The fraction of sp³-hybridized carbons (Fsp3) is 0.385. The topological polar surface area (TPSA) is 57.6 Å². The number of thiophene rings is 1. The van der Waals surface area contributed by atoms with E-state index >= 15 is 0 Å². The zero-order valence-electron chi connectivity index (χ0n) is 10.4. The van der Waals surface area contributed by atoms with Crippen LogP contribution in [0, 0.1) is 11.8 Å². The lowest BCUT2D eigenvalue weighted by Gasteiger charge is -2.12. The van der Waals surface area contributed by atoms with Crippen LogP contribution in [-0.4, -0.2) is 35.0 Å². The van der Waals surface area contributed by atoms with E-state index in [0.717, 1.165) is 4.88 Å². The average Bonchev–Trinajstić information content (AvgIpc) is 2.92. The highest BCUT2D eigenvalue weighted by Gasteiger charge is 2.36. The lowest BCUT2D eigenvalue weighted by Crippen LogP contribution is -2.28. The van der Waals surface area contributed by atoms with Gasteiger partial charge >= 0.3 is 5.97 Å². The van der Waals surface area contributed by atoms with E-state index < -0.39 is 11.9 Å². The van der Waals surface area contributed by atoms with Crippen LogP contribution in [0.25, 0.3) is 6.08 Å². The third kappa shape index (κ3) is 3.36. The van der Waals surface area contributed by atoms with Gasteiger partial charge in [0.05, 0.1) is 10.3 Å². The molecule has 1 fully saturated rings. The maximum Gasteiger partial charge on any atom is 0.308 e. The van der Waals surface area contributed by atoms with Crippen LogP contribution in [0.1, 0.15) is 11.8 Å². The van der Waals surface area contributed by atoms with Crippen LogP contribution in [0.2, 0.25) is 4.34 Å². The number of likely N-dealkylation sites (tertiary alicyclic amines) is 1. The van der Waals surface area contributed by atoms with Gasteiger partial charge in [0.2, 0.25) is 5.91 Å². The summed E-state index contributed by atoms with van der Waals surface area (Å²) in [4.78, 5) is 25.4. The Kier molecular flexibility index (Phi) is 4.27. The Morgan fingerprint density at radius 1 is 1.47 bits per heavy atom. The van der Waals surface area contributed by atoms with E-state index in [4.69, 9.17) is 16.7 Å². The predicted octanol–water partition coefficient (Wildman–Crippen LogP) is 2.59. The number of carbonyl (C=O) groups is 2. The summed E-state index contributed by atoms with van der Waals surface area (Å²) in [6, 6.07) is 3.61. The number of carbonyl (C=O) groups excluding carboxylic acids is 1. The molecule has 1 N–H and O–H groups in total. The standard InChI is InChI=1S/C13H14ClNO3S/c1-8-6-15(7-10(8)13(17)18)12(16)5-3-9-2-4-11(14)19-9/h2-5,8,10H,6-7H2,1H3,(H,17,18)/b5-3+/t8-,10-/m1/s1. The molecule has 0 unspecified atom stereocenters. The smallest absolute Gasteiger partial charge is 0.308 e. The molecule has 2 heterocycles. The van der Waals surface area contributed by atoms with E-state index in [1.807, 2.05) is 13.0 Å². The number of nitrogens with zero attached hydrogens (tertiary/aromatic N) is 1. The first-order valence-corrected chi connectivity index (χ1v) is 7.12. The molecular weight excluding hydrogens is 286 g/mol. The summed E-state index contributed by atoms with van der Waals surface area (Å²) < 4.78 is 0.674. The van der Waals surface area contributed by atoms with Gasteiger partial charge in [-0.05, 0) is 24.1 Å². The molecule has 0 aromatic carbocycles. The van der Waals surface area contributed by atoms with E-state index in [-0.39, 0.29) is 18.4 Å². The maximum absolute atomic E-state index is 12.0. The Bertz CT molecular complexity index is 526. The summed E-state index contributed by atoms with van der Waals surface area (Å²) in [5.41, 5.74) is 0. The van der Waals surface area contributed by atoms with Gasteiger partial charge in [-0.2, -0.15) is 0 Å². The lowest BCUT2D eigenvalue weighted by molar-refractivity contribution is -0.142. The molecule has 1 aliphatic rings. The van der Waals surface area contributed by atoms with Crippen molar-refractivity contribution < 1.29 is 14.7 Å². The van der Waals surface area contributed by atoms with Gasteiger partial charge in [0.25, 0.3) is 0 Å². The molecule has 1 aromatic rings. The van der Waals surface area contributed by atoms with Crippen LogP contribution in [0.15, 0.2) is 18.2 Å². The summed E-state index contributed by atoms with van der Waals surface area (Å²) in [7, 11) is 0. The van der Waals surface area contributed by atoms with Crippen molar-refractivity contribution in [2.75, 3.05) is 13.1 Å². The minimum Gasteiger partial charge on any atom is -0.481 e. The number of carboxylic acids is 1. The molecule has 102 valence electrons. The van der Waals surface area contributed by atoms with Crippen LogP contribution < -0.4 is 0 Å². The van der Waals surface area contributed by atoms with E-state index in [0.29, 0.717) is 10.9 Å². The molecule has 2 atom stereocenters. The summed E-state index contributed by atoms with van der Waals surface area (Å²) in [6.45, 7) is 2.63. The first-order chi connectivity index (χ1) is 8.97. The molecule has 6 heteroatoms. The highest BCUT2D eigenvalue weighted by molar-refractivity contribution is 7.17. The molecule has 0 bridgehead atoms. The Morgan fingerprint density at radius 2 is 2.21 bits per heavy atom. The number of aliphatic carboxylic acids is 1. The first kappa shape index (κ1) is 14.1. The van der Waals surface area contributed by atoms with Gasteiger partial charge in [-0.3, -0.25) is 9.59 Å². The molecular formula is C13H14ClNO3S. The van der Waals surface area contributed by atoms with Crippen molar-refractivity contribution in [3.8, 4) is 0 Å². The Hall–Kier alpha value is -1.33. The molecule has 1 aromatic heterocycles. The monoisotopic (exact) mass is 299 g/mol. The molecule has 4 nitrogen and oxygen atoms in total. The number of amides is 1. The number of hydrogen-bond donors (Lipinski definition) is 1. The van der Waals surface area contributed by atoms with E-state index in [9.17, 15) is 9.59 Å². The van der Waals surface area contributed by atoms with Crippen molar-refractivity contribution in [1.29, 1.82) is 0 Å². The molecule has 1 aliphatic heterocycles. The molecule has 0 aliphatic carbocycles. The highest BCUT2D eigenvalue weighted by Crippen LogP contribution is 2.25. The van der Waals surface area contributed by atoms with Crippen LogP contribution >= 0.6 is 22.9 Å². The van der Waals surface area contributed by atoms with Gasteiger partial charge in [-0.25, -0.2) is 0 Å². The number of hydrogen-bond acceptors (Lipinski definition) is 3. The van der Waals surface area contributed by atoms with E-state index in [2.05, 4.69) is 0 Å². The summed E-state index contributed by atoms with van der Waals surface area (Å²) in [5, 5.41) is 9.02. The molecule has 19 heavy (non-hydrogen) atoms. The third-order valence-corrected chi connectivity index (χ3v) is 4.42. The number of halogens is 1. The normalized spacial score (nSPS) is 23.2. The van der Waals surface area contributed by atoms with Gasteiger partial charge in [-0.1, -0.05) is 18.5 Å². The molecule has 0 radical (unpaired) electrons. The SMILES string of the molecule is C[C@@H]1CN(C(=O)/C=C/c2ccc(Cl)s2)C[C@H]1C(=O)O.